The number of hydrogen-bond donors (Lipinski definition) is 0. The van der Waals surface area contributed by atoms with E-state index < -0.39 is 0 Å². The highest BCUT2D eigenvalue weighted by Crippen LogP contribution is 2.16. The summed E-state index contributed by atoms with van der Waals surface area (Å²) < 4.78 is 0. The van der Waals surface area contributed by atoms with Gasteiger partial charge in [0.15, 0.2) is 0 Å². The van der Waals surface area contributed by atoms with E-state index in [0.717, 1.165) is 19.5 Å². The Balaban J connectivity index is 2.54. The van der Waals surface area contributed by atoms with Crippen molar-refractivity contribution in [2.75, 3.05) is 20.1 Å². The fraction of sp³-hybridized carbons (Fsp3) is 0.500. The third-order valence-electron chi connectivity index (χ3n) is 1.76. The lowest BCUT2D eigenvalue weighted by Crippen LogP contribution is -2.27. The molecule has 0 bridgehead atoms. The molecule has 1 aliphatic heterocycles. The van der Waals surface area contributed by atoms with Crippen LogP contribution in [0.15, 0.2) is 24.3 Å². The zero-order chi connectivity index (χ0) is 6.85. The van der Waals surface area contributed by atoms with Gasteiger partial charge in [-0.1, -0.05) is 18.7 Å². The molecule has 0 spiro atoms. The topological polar surface area (TPSA) is 3.24 Å². The molecule has 0 saturated carbocycles. The largest absolute Gasteiger partial charge is 0.302 e. The van der Waals surface area contributed by atoms with Gasteiger partial charge in [0.25, 0.3) is 0 Å². The van der Waals surface area contributed by atoms with E-state index >= 15 is 0 Å². The van der Waals surface area contributed by atoms with E-state index in [0.29, 0.717) is 0 Å². The highest BCUT2D eigenvalue weighted by atomic mass is 15.1. The lowest BCUT2D eigenvalue weighted by Gasteiger charge is -2.25. The summed E-state index contributed by atoms with van der Waals surface area (Å²) in [6, 6.07) is 0. The standard InChI is InChI=1S/C8H13N/c1-7-4-5-9(3)6-8(7)2/h1-2,4-6H2,3H3. The summed E-state index contributed by atoms with van der Waals surface area (Å²) in [4.78, 5) is 2.26. The highest BCUT2D eigenvalue weighted by molar-refractivity contribution is 5.28. The number of likely N-dealkylation sites (N-methyl/N-ethyl adjacent to an activating group) is 1. The van der Waals surface area contributed by atoms with E-state index in [-0.39, 0.29) is 0 Å². The minimum Gasteiger partial charge on any atom is -0.302 e. The van der Waals surface area contributed by atoms with Crippen LogP contribution in [0.4, 0.5) is 0 Å². The summed E-state index contributed by atoms with van der Waals surface area (Å²) in [7, 11) is 2.11. The molecule has 1 nitrogen and oxygen atoms in total. The molecule has 0 unspecified atom stereocenters. The molecule has 0 amide bonds. The summed E-state index contributed by atoms with van der Waals surface area (Å²) in [5.74, 6) is 0. The van der Waals surface area contributed by atoms with Crippen LogP contribution in [0.1, 0.15) is 6.42 Å². The second-order valence-corrected chi connectivity index (χ2v) is 2.69. The number of likely N-dealkylation sites (tertiary alicyclic amines) is 1. The van der Waals surface area contributed by atoms with Crippen LogP contribution in [0, 0.1) is 0 Å². The monoisotopic (exact) mass is 123 g/mol. The summed E-state index contributed by atoms with van der Waals surface area (Å²) in [6.45, 7) is 9.94. The van der Waals surface area contributed by atoms with Gasteiger partial charge in [-0.25, -0.2) is 0 Å². The zero-order valence-electron chi connectivity index (χ0n) is 5.98. The molecule has 50 valence electrons. The summed E-state index contributed by atoms with van der Waals surface area (Å²) in [5, 5.41) is 0. The first-order chi connectivity index (χ1) is 4.20. The van der Waals surface area contributed by atoms with E-state index in [1.807, 2.05) is 0 Å². The molecule has 9 heavy (non-hydrogen) atoms. The Morgan fingerprint density at radius 3 is 2.44 bits per heavy atom. The molecule has 0 N–H and O–H groups in total. The molecular formula is C8H13N. The van der Waals surface area contributed by atoms with E-state index in [4.69, 9.17) is 0 Å². The van der Waals surface area contributed by atoms with Crippen LogP contribution in [-0.4, -0.2) is 25.0 Å². The van der Waals surface area contributed by atoms with Crippen molar-refractivity contribution in [2.45, 2.75) is 6.42 Å². The van der Waals surface area contributed by atoms with Crippen molar-refractivity contribution in [3.63, 3.8) is 0 Å². The Hall–Kier alpha value is -0.560. The minimum absolute atomic E-state index is 0.999. The van der Waals surface area contributed by atoms with Crippen molar-refractivity contribution in [1.29, 1.82) is 0 Å². The molecule has 0 aromatic rings. The van der Waals surface area contributed by atoms with Crippen LogP contribution in [0.2, 0.25) is 0 Å². The maximum atomic E-state index is 3.90. The van der Waals surface area contributed by atoms with E-state index in [1.165, 1.54) is 11.1 Å². The molecule has 0 aliphatic carbocycles. The second kappa shape index (κ2) is 2.36. The number of piperidine rings is 1. The molecule has 0 aromatic carbocycles. The second-order valence-electron chi connectivity index (χ2n) is 2.69. The highest BCUT2D eigenvalue weighted by Gasteiger charge is 2.10. The van der Waals surface area contributed by atoms with Gasteiger partial charge in [0.2, 0.25) is 0 Å². The van der Waals surface area contributed by atoms with Gasteiger partial charge in [0.1, 0.15) is 0 Å². The first kappa shape index (κ1) is 6.56. The Morgan fingerprint density at radius 2 is 2.00 bits per heavy atom. The van der Waals surface area contributed by atoms with Crippen molar-refractivity contribution in [3.8, 4) is 0 Å². The smallest absolute Gasteiger partial charge is 0.0227 e. The molecule has 0 radical (unpaired) electrons. The quantitative estimate of drug-likeness (QED) is 0.471. The van der Waals surface area contributed by atoms with Crippen molar-refractivity contribution in [3.05, 3.63) is 24.3 Å². The third-order valence-corrected chi connectivity index (χ3v) is 1.76. The molecular weight excluding hydrogens is 110 g/mol. The van der Waals surface area contributed by atoms with Crippen molar-refractivity contribution in [1.82, 2.24) is 4.90 Å². The maximum Gasteiger partial charge on any atom is 0.0227 e. The maximum absolute atomic E-state index is 3.90. The Bertz CT molecular complexity index is 147. The summed E-state index contributed by atoms with van der Waals surface area (Å²) in [5.41, 5.74) is 2.43. The van der Waals surface area contributed by atoms with E-state index in [2.05, 4.69) is 25.1 Å². The van der Waals surface area contributed by atoms with Crippen LogP contribution >= 0.6 is 0 Å². The first-order valence-electron chi connectivity index (χ1n) is 3.24. The van der Waals surface area contributed by atoms with Gasteiger partial charge in [-0.3, -0.25) is 0 Å². The van der Waals surface area contributed by atoms with Gasteiger partial charge < -0.3 is 4.90 Å². The lowest BCUT2D eigenvalue weighted by atomic mass is 10.0. The first-order valence-corrected chi connectivity index (χ1v) is 3.24. The summed E-state index contributed by atoms with van der Waals surface area (Å²) >= 11 is 0. The average molecular weight is 123 g/mol. The van der Waals surface area contributed by atoms with Crippen LogP contribution in [0.5, 0.6) is 0 Å². The predicted octanol–water partition coefficient (Wildman–Crippen LogP) is 1.43. The average Bonchev–Trinajstić information content (AvgIpc) is 1.80. The Kier molecular flexibility index (Phi) is 1.72. The Labute approximate surface area is 56.7 Å². The number of rotatable bonds is 0. The Morgan fingerprint density at radius 1 is 1.33 bits per heavy atom. The van der Waals surface area contributed by atoms with Crippen LogP contribution in [-0.2, 0) is 0 Å². The van der Waals surface area contributed by atoms with Gasteiger partial charge in [0, 0.05) is 13.1 Å². The molecule has 1 heterocycles. The molecule has 0 atom stereocenters. The molecule has 1 aliphatic rings. The van der Waals surface area contributed by atoms with Crippen molar-refractivity contribution < 1.29 is 0 Å². The molecule has 1 fully saturated rings. The lowest BCUT2D eigenvalue weighted by molar-refractivity contribution is 0.349. The van der Waals surface area contributed by atoms with E-state index in [9.17, 15) is 0 Å². The van der Waals surface area contributed by atoms with Gasteiger partial charge >= 0.3 is 0 Å². The third kappa shape index (κ3) is 1.42. The number of hydrogen-bond acceptors (Lipinski definition) is 1. The van der Waals surface area contributed by atoms with Crippen molar-refractivity contribution >= 4 is 0 Å². The molecule has 1 rings (SSSR count). The van der Waals surface area contributed by atoms with E-state index in [1.54, 1.807) is 0 Å². The van der Waals surface area contributed by atoms with Gasteiger partial charge in [0.05, 0.1) is 0 Å². The number of nitrogens with zero attached hydrogens (tertiary/aromatic N) is 1. The predicted molar refractivity (Wildman–Crippen MR) is 40.4 cm³/mol. The minimum atomic E-state index is 0.999. The SMILES string of the molecule is C=C1CCN(C)CC1=C. The van der Waals surface area contributed by atoms with Crippen LogP contribution < -0.4 is 0 Å². The van der Waals surface area contributed by atoms with Gasteiger partial charge in [-0.15, -0.1) is 0 Å². The fourth-order valence-corrected chi connectivity index (χ4v) is 1.02. The molecule has 1 heteroatoms. The normalized spacial score (nSPS) is 22.8. The fourth-order valence-electron chi connectivity index (χ4n) is 1.02. The van der Waals surface area contributed by atoms with Crippen molar-refractivity contribution in [2.24, 2.45) is 0 Å². The zero-order valence-corrected chi connectivity index (χ0v) is 5.98. The van der Waals surface area contributed by atoms with Crippen LogP contribution in [0.3, 0.4) is 0 Å². The molecule has 0 aromatic heterocycles. The van der Waals surface area contributed by atoms with Gasteiger partial charge in [-0.05, 0) is 19.0 Å². The van der Waals surface area contributed by atoms with Crippen LogP contribution in [0.25, 0.3) is 0 Å². The summed E-state index contributed by atoms with van der Waals surface area (Å²) in [6.07, 6.45) is 1.09. The van der Waals surface area contributed by atoms with Gasteiger partial charge in [-0.2, -0.15) is 0 Å². The molecule has 1 saturated heterocycles.